The van der Waals surface area contributed by atoms with Gasteiger partial charge in [0.05, 0.1) is 13.2 Å². The molecule has 0 radical (unpaired) electrons. The molecule has 1 aromatic rings. The molecule has 0 spiro atoms. The number of nitrogens with zero attached hydrogens (tertiary/aromatic N) is 5. The van der Waals surface area contributed by atoms with Gasteiger partial charge in [-0.25, -0.2) is 4.79 Å². The van der Waals surface area contributed by atoms with E-state index in [0.717, 1.165) is 70.2 Å². The molecular weight excluding hydrogens is 459 g/mol. The SMILES string of the molecule is Cl.O=C(N1CCOCC1)N1CCCN(C2CCN(Cc3ccc(C(F)(F)F)nc3)CC2)CC1. The second-order valence-electron chi connectivity index (χ2n) is 8.82. The normalized spacial score (nSPS) is 22.0. The molecule has 1 aromatic heterocycles. The highest BCUT2D eigenvalue weighted by Crippen LogP contribution is 2.27. The molecule has 3 fully saturated rings. The molecule has 3 aliphatic rings. The fourth-order valence-corrected chi connectivity index (χ4v) is 4.83. The summed E-state index contributed by atoms with van der Waals surface area (Å²) < 4.78 is 43.4. The number of likely N-dealkylation sites (tertiary alicyclic amines) is 1. The van der Waals surface area contributed by atoms with Gasteiger partial charge in [-0.15, -0.1) is 12.4 Å². The van der Waals surface area contributed by atoms with Crippen LogP contribution in [0.3, 0.4) is 0 Å². The van der Waals surface area contributed by atoms with E-state index in [0.29, 0.717) is 38.9 Å². The van der Waals surface area contributed by atoms with E-state index >= 15 is 0 Å². The Bertz CT molecular complexity index is 753. The Balaban J connectivity index is 0.00000306. The number of rotatable bonds is 3. The van der Waals surface area contributed by atoms with Gasteiger partial charge in [0.2, 0.25) is 0 Å². The molecule has 0 aromatic carbocycles. The minimum Gasteiger partial charge on any atom is -0.378 e. The van der Waals surface area contributed by atoms with Gasteiger partial charge in [0, 0.05) is 58.1 Å². The highest BCUT2D eigenvalue weighted by molar-refractivity contribution is 5.85. The van der Waals surface area contributed by atoms with E-state index in [2.05, 4.69) is 14.8 Å². The Hall–Kier alpha value is -1.62. The number of hydrogen-bond donors (Lipinski definition) is 0. The third kappa shape index (κ3) is 6.94. The molecule has 4 rings (SSSR count). The molecular formula is C22H33ClF3N5O2. The summed E-state index contributed by atoms with van der Waals surface area (Å²) in [5.74, 6) is 0. The molecule has 0 unspecified atom stereocenters. The number of carbonyl (C=O) groups excluding carboxylic acids is 1. The van der Waals surface area contributed by atoms with Crippen molar-refractivity contribution in [2.45, 2.75) is 38.0 Å². The number of morpholine rings is 1. The molecule has 4 heterocycles. The van der Waals surface area contributed by atoms with Crippen LogP contribution in [0.15, 0.2) is 18.3 Å². The van der Waals surface area contributed by atoms with Crippen molar-refractivity contribution in [1.82, 2.24) is 24.6 Å². The van der Waals surface area contributed by atoms with Gasteiger partial charge >= 0.3 is 12.2 Å². The summed E-state index contributed by atoms with van der Waals surface area (Å²) in [4.78, 5) is 25.0. The molecule has 0 atom stereocenters. The number of alkyl halides is 3. The summed E-state index contributed by atoms with van der Waals surface area (Å²) in [6, 6.07) is 3.21. The summed E-state index contributed by atoms with van der Waals surface area (Å²) >= 11 is 0. The van der Waals surface area contributed by atoms with Gasteiger partial charge in [0.25, 0.3) is 0 Å². The molecule has 33 heavy (non-hydrogen) atoms. The minimum absolute atomic E-state index is 0. The van der Waals surface area contributed by atoms with Crippen molar-refractivity contribution in [2.24, 2.45) is 0 Å². The number of carbonyl (C=O) groups is 1. The highest BCUT2D eigenvalue weighted by atomic mass is 35.5. The number of urea groups is 1. The average molecular weight is 492 g/mol. The number of aromatic nitrogens is 1. The molecule has 0 aliphatic carbocycles. The van der Waals surface area contributed by atoms with Crippen LogP contribution in [0.2, 0.25) is 0 Å². The zero-order chi connectivity index (χ0) is 22.6. The Morgan fingerprint density at radius 1 is 0.970 bits per heavy atom. The first-order valence-electron chi connectivity index (χ1n) is 11.5. The van der Waals surface area contributed by atoms with Crippen LogP contribution in [0.25, 0.3) is 0 Å². The summed E-state index contributed by atoms with van der Waals surface area (Å²) in [6.45, 7) is 8.48. The van der Waals surface area contributed by atoms with Crippen LogP contribution in [0.1, 0.15) is 30.5 Å². The summed E-state index contributed by atoms with van der Waals surface area (Å²) in [5.41, 5.74) is -0.0363. The Morgan fingerprint density at radius 2 is 1.67 bits per heavy atom. The molecule has 3 aliphatic heterocycles. The fourth-order valence-electron chi connectivity index (χ4n) is 4.83. The zero-order valence-electron chi connectivity index (χ0n) is 18.8. The van der Waals surface area contributed by atoms with Gasteiger partial charge in [-0.2, -0.15) is 13.2 Å². The predicted octanol–water partition coefficient (Wildman–Crippen LogP) is 2.95. The van der Waals surface area contributed by atoms with Crippen molar-refractivity contribution in [2.75, 3.05) is 65.6 Å². The zero-order valence-corrected chi connectivity index (χ0v) is 19.6. The number of amides is 2. The van der Waals surface area contributed by atoms with E-state index in [1.165, 1.54) is 12.3 Å². The molecule has 186 valence electrons. The lowest BCUT2D eigenvalue weighted by atomic mass is 10.0. The number of hydrogen-bond acceptors (Lipinski definition) is 5. The van der Waals surface area contributed by atoms with E-state index in [4.69, 9.17) is 4.74 Å². The van der Waals surface area contributed by atoms with Gasteiger partial charge < -0.3 is 14.5 Å². The van der Waals surface area contributed by atoms with Gasteiger partial charge in [0.1, 0.15) is 5.69 Å². The summed E-state index contributed by atoms with van der Waals surface area (Å²) in [7, 11) is 0. The average Bonchev–Trinajstić information content (AvgIpc) is 3.06. The van der Waals surface area contributed by atoms with Crippen LogP contribution in [-0.2, 0) is 17.5 Å². The maximum absolute atomic E-state index is 12.8. The van der Waals surface area contributed by atoms with Crippen LogP contribution in [0.5, 0.6) is 0 Å². The third-order valence-corrected chi connectivity index (χ3v) is 6.68. The summed E-state index contributed by atoms with van der Waals surface area (Å²) in [6.07, 6.45) is -0.0132. The van der Waals surface area contributed by atoms with Crippen LogP contribution in [0.4, 0.5) is 18.0 Å². The lowest BCUT2D eigenvalue weighted by molar-refractivity contribution is -0.141. The topological polar surface area (TPSA) is 52.2 Å². The van der Waals surface area contributed by atoms with Crippen molar-refractivity contribution in [1.29, 1.82) is 0 Å². The van der Waals surface area contributed by atoms with Crippen molar-refractivity contribution in [3.63, 3.8) is 0 Å². The highest BCUT2D eigenvalue weighted by Gasteiger charge is 2.32. The predicted molar refractivity (Wildman–Crippen MR) is 120 cm³/mol. The molecule has 0 saturated carbocycles. The van der Waals surface area contributed by atoms with Crippen molar-refractivity contribution in [3.05, 3.63) is 29.6 Å². The quantitative estimate of drug-likeness (QED) is 0.651. The smallest absolute Gasteiger partial charge is 0.378 e. The molecule has 0 N–H and O–H groups in total. The van der Waals surface area contributed by atoms with Crippen molar-refractivity contribution >= 4 is 18.4 Å². The van der Waals surface area contributed by atoms with Crippen molar-refractivity contribution < 1.29 is 22.7 Å². The monoisotopic (exact) mass is 491 g/mol. The first kappa shape index (κ1) is 26.0. The van der Waals surface area contributed by atoms with Crippen LogP contribution >= 0.6 is 12.4 Å². The van der Waals surface area contributed by atoms with E-state index < -0.39 is 11.9 Å². The molecule has 0 bridgehead atoms. The van der Waals surface area contributed by atoms with E-state index in [1.54, 1.807) is 0 Å². The number of halogens is 4. The van der Waals surface area contributed by atoms with E-state index in [9.17, 15) is 18.0 Å². The van der Waals surface area contributed by atoms with Crippen molar-refractivity contribution in [3.8, 4) is 0 Å². The Labute approximate surface area is 199 Å². The third-order valence-electron chi connectivity index (χ3n) is 6.68. The standard InChI is InChI=1S/C22H32F3N5O2.ClH/c23-22(24,25)20-3-2-18(16-26-20)17-27-8-4-19(5-9-27)28-6-1-7-29(11-10-28)21(31)30-12-14-32-15-13-30;/h2-3,16,19H,1,4-15,17H2;1H. The number of ether oxygens (including phenoxy) is 1. The largest absolute Gasteiger partial charge is 0.433 e. The van der Waals surface area contributed by atoms with E-state index in [1.807, 2.05) is 9.80 Å². The van der Waals surface area contributed by atoms with Gasteiger partial charge in [-0.3, -0.25) is 14.8 Å². The lowest BCUT2D eigenvalue weighted by Crippen LogP contribution is -2.49. The maximum atomic E-state index is 12.8. The number of piperidine rings is 1. The van der Waals surface area contributed by atoms with Gasteiger partial charge in [-0.1, -0.05) is 6.07 Å². The first-order chi connectivity index (χ1) is 15.4. The Morgan fingerprint density at radius 3 is 2.30 bits per heavy atom. The first-order valence-corrected chi connectivity index (χ1v) is 11.5. The van der Waals surface area contributed by atoms with Crippen LogP contribution in [0, 0.1) is 0 Å². The lowest BCUT2D eigenvalue weighted by Gasteiger charge is -2.38. The van der Waals surface area contributed by atoms with Crippen LogP contribution < -0.4 is 0 Å². The maximum Gasteiger partial charge on any atom is 0.433 e. The molecule has 3 saturated heterocycles. The fraction of sp³-hybridized carbons (Fsp3) is 0.727. The minimum atomic E-state index is -4.40. The molecule has 7 nitrogen and oxygen atoms in total. The molecule has 2 amide bonds. The second-order valence-corrected chi connectivity index (χ2v) is 8.82. The van der Waals surface area contributed by atoms with Gasteiger partial charge in [0.15, 0.2) is 0 Å². The summed E-state index contributed by atoms with van der Waals surface area (Å²) in [5, 5.41) is 0. The van der Waals surface area contributed by atoms with Gasteiger partial charge in [-0.05, 0) is 44.0 Å². The number of pyridine rings is 1. The Kier molecular flexibility index (Phi) is 9.20. The van der Waals surface area contributed by atoms with E-state index in [-0.39, 0.29) is 18.4 Å². The molecule has 11 heteroatoms. The second kappa shape index (κ2) is 11.7. The van der Waals surface area contributed by atoms with Crippen LogP contribution in [-0.4, -0.2) is 102 Å².